The molecule has 0 aromatic heterocycles. The zero-order chi connectivity index (χ0) is 11.9. The maximum atomic E-state index is 13.3. The fourth-order valence-corrected chi connectivity index (χ4v) is 6.51. The van der Waals surface area contributed by atoms with Gasteiger partial charge in [-0.2, -0.15) is 18.2 Å². The van der Waals surface area contributed by atoms with E-state index in [1.54, 1.807) is 0 Å². The summed E-state index contributed by atoms with van der Waals surface area (Å²) in [5, 5.41) is 0.654. The van der Waals surface area contributed by atoms with E-state index in [1.807, 2.05) is 24.3 Å². The van der Waals surface area contributed by atoms with E-state index in [-0.39, 0.29) is 10.3 Å². The lowest BCUT2D eigenvalue weighted by Crippen LogP contribution is -2.34. The summed E-state index contributed by atoms with van der Waals surface area (Å²) in [4.78, 5) is 0. The van der Waals surface area contributed by atoms with Crippen molar-refractivity contribution in [1.29, 1.82) is 0 Å². The summed E-state index contributed by atoms with van der Waals surface area (Å²) in [7, 11) is -2.39. The molecule has 0 N–H and O–H groups in total. The molecule has 0 unspecified atom stereocenters. The monoisotopic (exact) mass is 225 g/mol. The Balaban J connectivity index is 3.41. The molecule has 1 aromatic rings. The van der Waals surface area contributed by atoms with Crippen molar-refractivity contribution in [3.8, 4) is 0 Å². The first kappa shape index (κ1) is 12.6. The standard InChI is InChI=1S/C13H22OP/c1-12(2,3)15(14,13(4,5)6)11-9-7-8-10-11/h7-10H,1-6H3/q-1. The average Bonchev–Trinajstić information content (AvgIpc) is 2.49. The molecule has 0 aliphatic carbocycles. The lowest BCUT2D eigenvalue weighted by atomic mass is 10.2. The van der Waals surface area contributed by atoms with Crippen LogP contribution in [0.5, 0.6) is 0 Å². The molecule has 1 nitrogen and oxygen atoms in total. The van der Waals surface area contributed by atoms with E-state index in [0.717, 1.165) is 5.30 Å². The Hall–Kier alpha value is -0.420. The van der Waals surface area contributed by atoms with Crippen LogP contribution in [0, 0.1) is 0 Å². The summed E-state index contributed by atoms with van der Waals surface area (Å²) in [5.41, 5.74) is 0. The Morgan fingerprint density at radius 1 is 1.07 bits per heavy atom. The summed E-state index contributed by atoms with van der Waals surface area (Å²) in [6.45, 7) is 12.5. The van der Waals surface area contributed by atoms with Crippen LogP contribution in [0.15, 0.2) is 24.3 Å². The van der Waals surface area contributed by atoms with Gasteiger partial charge in [0, 0.05) is 10.3 Å². The molecular formula is C13H22OP-. The van der Waals surface area contributed by atoms with Crippen LogP contribution in [0.4, 0.5) is 0 Å². The molecule has 1 rings (SSSR count). The van der Waals surface area contributed by atoms with Crippen LogP contribution in [-0.4, -0.2) is 10.3 Å². The van der Waals surface area contributed by atoms with E-state index in [4.69, 9.17) is 0 Å². The molecule has 0 aliphatic rings. The van der Waals surface area contributed by atoms with Crippen LogP contribution in [0.25, 0.3) is 0 Å². The topological polar surface area (TPSA) is 17.1 Å². The molecule has 1 aromatic carbocycles. The van der Waals surface area contributed by atoms with Crippen molar-refractivity contribution in [3.63, 3.8) is 0 Å². The maximum absolute atomic E-state index is 13.3. The molecule has 0 heterocycles. The molecule has 0 saturated heterocycles. The van der Waals surface area contributed by atoms with Gasteiger partial charge in [-0.05, 0) is 0 Å². The molecule has 0 saturated carbocycles. The minimum absolute atomic E-state index is 0.181. The zero-order valence-electron chi connectivity index (χ0n) is 10.7. The molecule has 2 heteroatoms. The van der Waals surface area contributed by atoms with Crippen molar-refractivity contribution in [2.45, 2.75) is 51.9 Å². The van der Waals surface area contributed by atoms with Gasteiger partial charge in [0.15, 0.2) is 0 Å². The molecule has 0 spiro atoms. The van der Waals surface area contributed by atoms with Gasteiger partial charge in [-0.3, -0.25) is 0 Å². The quantitative estimate of drug-likeness (QED) is 0.521. The molecule has 0 aliphatic heterocycles. The van der Waals surface area contributed by atoms with Gasteiger partial charge < -0.3 is 4.57 Å². The third-order valence-electron chi connectivity index (χ3n) is 2.90. The van der Waals surface area contributed by atoms with E-state index < -0.39 is 7.14 Å². The lowest BCUT2D eigenvalue weighted by molar-refractivity contribution is 0.527. The van der Waals surface area contributed by atoms with E-state index in [9.17, 15) is 4.57 Å². The van der Waals surface area contributed by atoms with E-state index >= 15 is 0 Å². The molecule has 0 atom stereocenters. The normalized spacial score (nSPS) is 14.3. The maximum Gasteiger partial charge on any atom is 0.0670 e. The Bertz CT molecular complexity index is 342. The van der Waals surface area contributed by atoms with Gasteiger partial charge in [0.1, 0.15) is 0 Å². The molecule has 0 bridgehead atoms. The fourth-order valence-electron chi connectivity index (χ4n) is 2.35. The van der Waals surface area contributed by atoms with Gasteiger partial charge in [0.05, 0.1) is 7.14 Å². The number of hydrogen-bond donors (Lipinski definition) is 0. The van der Waals surface area contributed by atoms with Crippen molar-refractivity contribution in [1.82, 2.24) is 0 Å². The Labute approximate surface area is 93.6 Å². The Morgan fingerprint density at radius 2 is 1.53 bits per heavy atom. The lowest BCUT2D eigenvalue weighted by Gasteiger charge is -2.44. The predicted octanol–water partition coefficient (Wildman–Crippen LogP) is 3.99. The first-order chi connectivity index (χ1) is 6.61. The van der Waals surface area contributed by atoms with Gasteiger partial charge in [0.2, 0.25) is 0 Å². The van der Waals surface area contributed by atoms with Crippen LogP contribution in [0.3, 0.4) is 0 Å². The molecule has 86 valence electrons. The summed E-state index contributed by atoms with van der Waals surface area (Å²) in [6.07, 6.45) is 0. The van der Waals surface area contributed by atoms with Crippen molar-refractivity contribution < 1.29 is 4.57 Å². The zero-order valence-corrected chi connectivity index (χ0v) is 11.6. The predicted molar refractivity (Wildman–Crippen MR) is 68.8 cm³/mol. The van der Waals surface area contributed by atoms with Crippen LogP contribution in [0.1, 0.15) is 41.5 Å². The molecule has 0 radical (unpaired) electrons. The third-order valence-corrected chi connectivity index (χ3v) is 7.70. The first-order valence-corrected chi connectivity index (χ1v) is 7.14. The summed E-state index contributed by atoms with van der Waals surface area (Å²) in [5.74, 6) is 0. The van der Waals surface area contributed by atoms with Crippen LogP contribution < -0.4 is 5.30 Å². The van der Waals surface area contributed by atoms with Crippen LogP contribution in [-0.2, 0) is 4.57 Å². The minimum atomic E-state index is -2.39. The van der Waals surface area contributed by atoms with Gasteiger partial charge in [0.25, 0.3) is 0 Å². The highest BCUT2D eigenvalue weighted by Crippen LogP contribution is 2.65. The minimum Gasteiger partial charge on any atom is -0.331 e. The van der Waals surface area contributed by atoms with Crippen molar-refractivity contribution in [2.24, 2.45) is 0 Å². The van der Waals surface area contributed by atoms with E-state index in [0.29, 0.717) is 0 Å². The van der Waals surface area contributed by atoms with E-state index in [1.165, 1.54) is 0 Å². The van der Waals surface area contributed by atoms with Gasteiger partial charge >= 0.3 is 0 Å². The summed E-state index contributed by atoms with van der Waals surface area (Å²) >= 11 is 0. The number of rotatable bonds is 1. The molecule has 0 fully saturated rings. The van der Waals surface area contributed by atoms with Crippen molar-refractivity contribution in [2.75, 3.05) is 0 Å². The Kier molecular flexibility index (Phi) is 3.00. The van der Waals surface area contributed by atoms with Crippen molar-refractivity contribution in [3.05, 3.63) is 24.3 Å². The fraction of sp³-hybridized carbons (Fsp3) is 0.615. The second-order valence-corrected chi connectivity index (χ2v) is 10.5. The molecule has 0 amide bonds. The summed E-state index contributed by atoms with van der Waals surface area (Å²) < 4.78 is 13.3. The summed E-state index contributed by atoms with van der Waals surface area (Å²) in [6, 6.07) is 7.94. The molecule has 15 heavy (non-hydrogen) atoms. The second kappa shape index (κ2) is 3.56. The molecular weight excluding hydrogens is 203 g/mol. The van der Waals surface area contributed by atoms with Gasteiger partial charge in [-0.25, -0.2) is 6.07 Å². The average molecular weight is 225 g/mol. The SMILES string of the molecule is CC(C)(C)P(=O)(c1cc[cH-]c1)C(C)(C)C. The first-order valence-electron chi connectivity index (χ1n) is 5.43. The largest absolute Gasteiger partial charge is 0.331 e. The smallest absolute Gasteiger partial charge is 0.0670 e. The highest BCUT2D eigenvalue weighted by molar-refractivity contribution is 7.74. The number of hydrogen-bond acceptors (Lipinski definition) is 1. The highest BCUT2D eigenvalue weighted by atomic mass is 31.2. The van der Waals surface area contributed by atoms with Gasteiger partial charge in [-0.1, -0.05) is 41.5 Å². The second-order valence-electron chi connectivity index (χ2n) is 6.09. The Morgan fingerprint density at radius 3 is 1.80 bits per heavy atom. The van der Waals surface area contributed by atoms with E-state index in [2.05, 4.69) is 41.5 Å². The van der Waals surface area contributed by atoms with Crippen molar-refractivity contribution >= 4 is 12.4 Å². The van der Waals surface area contributed by atoms with Crippen LogP contribution in [0.2, 0.25) is 0 Å². The van der Waals surface area contributed by atoms with Gasteiger partial charge in [-0.15, -0.1) is 5.30 Å². The van der Waals surface area contributed by atoms with Crippen LogP contribution >= 0.6 is 7.14 Å². The third kappa shape index (κ3) is 1.95. The highest BCUT2D eigenvalue weighted by Gasteiger charge is 2.43.